The predicted molar refractivity (Wildman–Crippen MR) is 79.8 cm³/mol. The van der Waals surface area contributed by atoms with Gasteiger partial charge in [-0.25, -0.2) is 4.79 Å². The van der Waals surface area contributed by atoms with Crippen LogP contribution in [0.15, 0.2) is 53.4 Å². The molecule has 0 saturated heterocycles. The Morgan fingerprint density at radius 1 is 0.905 bits per heavy atom. The van der Waals surface area contributed by atoms with E-state index in [0.29, 0.717) is 17.1 Å². The van der Waals surface area contributed by atoms with Crippen molar-refractivity contribution < 1.29 is 17.8 Å². The van der Waals surface area contributed by atoms with E-state index in [1.165, 1.54) is 24.3 Å². The lowest BCUT2D eigenvalue weighted by atomic mass is 10.3. The summed E-state index contributed by atoms with van der Waals surface area (Å²) >= 11 is 0. The first-order valence-electron chi connectivity index (χ1n) is 5.86. The van der Waals surface area contributed by atoms with Gasteiger partial charge in [0.1, 0.15) is 0 Å². The number of rotatable bonds is 3. The third-order valence-electron chi connectivity index (χ3n) is 2.58. The third-order valence-corrected chi connectivity index (χ3v) is 3.45. The Balaban J connectivity index is 2.01. The van der Waals surface area contributed by atoms with Crippen molar-refractivity contribution >= 4 is 33.2 Å². The molecule has 0 saturated carbocycles. The summed E-state index contributed by atoms with van der Waals surface area (Å²) in [6.45, 7) is 0. The first-order chi connectivity index (χ1) is 9.84. The van der Waals surface area contributed by atoms with Crippen molar-refractivity contribution in [3.63, 3.8) is 0 Å². The lowest BCUT2D eigenvalue weighted by Gasteiger charge is -2.08. The maximum absolute atomic E-state index is 11.7. The van der Waals surface area contributed by atoms with E-state index in [-0.39, 0.29) is 4.90 Å². The number of carbonyl (C=O) groups is 1. The van der Waals surface area contributed by atoms with Gasteiger partial charge < -0.3 is 16.4 Å². The van der Waals surface area contributed by atoms with Gasteiger partial charge in [-0.05, 0) is 48.5 Å². The SMILES string of the molecule is Nc1ccc(NC(=O)Nc2ccc(S(=O)(=O)O)cc2)cc1. The molecular weight excluding hydrogens is 294 g/mol. The van der Waals surface area contributed by atoms with Gasteiger partial charge in [0.15, 0.2) is 0 Å². The number of carbonyl (C=O) groups excluding carboxylic acids is 1. The number of nitrogens with one attached hydrogen (secondary N) is 2. The molecule has 0 aliphatic rings. The quantitative estimate of drug-likeness (QED) is 0.511. The van der Waals surface area contributed by atoms with Gasteiger partial charge in [0, 0.05) is 17.1 Å². The molecule has 0 unspecified atom stereocenters. The largest absolute Gasteiger partial charge is 0.399 e. The summed E-state index contributed by atoms with van der Waals surface area (Å²) in [5.41, 5.74) is 7.07. The number of nitrogens with two attached hydrogens (primary N) is 1. The van der Waals surface area contributed by atoms with Gasteiger partial charge in [-0.1, -0.05) is 0 Å². The molecule has 0 heterocycles. The fourth-order valence-corrected chi connectivity index (χ4v) is 2.05. The zero-order valence-electron chi connectivity index (χ0n) is 10.8. The van der Waals surface area contributed by atoms with Gasteiger partial charge in [-0.3, -0.25) is 4.55 Å². The van der Waals surface area contributed by atoms with Crippen LogP contribution in [0.1, 0.15) is 0 Å². The highest BCUT2D eigenvalue weighted by molar-refractivity contribution is 7.85. The van der Waals surface area contributed by atoms with E-state index >= 15 is 0 Å². The summed E-state index contributed by atoms with van der Waals surface area (Å²) in [4.78, 5) is 11.5. The van der Waals surface area contributed by atoms with Gasteiger partial charge in [-0.15, -0.1) is 0 Å². The lowest BCUT2D eigenvalue weighted by molar-refractivity contribution is 0.262. The lowest BCUT2D eigenvalue weighted by Crippen LogP contribution is -2.19. The Bertz CT molecular complexity index is 740. The van der Waals surface area contributed by atoms with Crippen LogP contribution in [0.25, 0.3) is 0 Å². The molecule has 0 aromatic heterocycles. The molecule has 2 amide bonds. The van der Waals surface area contributed by atoms with E-state index in [1.54, 1.807) is 24.3 Å². The molecule has 0 spiro atoms. The molecule has 0 bridgehead atoms. The molecule has 110 valence electrons. The second-order valence-corrected chi connectivity index (χ2v) is 5.62. The zero-order chi connectivity index (χ0) is 15.5. The fraction of sp³-hybridized carbons (Fsp3) is 0. The molecule has 0 fully saturated rings. The molecule has 0 radical (unpaired) electrons. The van der Waals surface area contributed by atoms with Gasteiger partial charge in [0.2, 0.25) is 0 Å². The monoisotopic (exact) mass is 307 g/mol. The normalized spacial score (nSPS) is 10.9. The Morgan fingerprint density at radius 3 is 1.76 bits per heavy atom. The minimum absolute atomic E-state index is 0.244. The average Bonchev–Trinajstić information content (AvgIpc) is 2.41. The molecule has 5 N–H and O–H groups in total. The summed E-state index contributed by atoms with van der Waals surface area (Å²) < 4.78 is 30.6. The van der Waals surface area contributed by atoms with Gasteiger partial charge in [-0.2, -0.15) is 8.42 Å². The Labute approximate surface area is 121 Å². The van der Waals surface area contributed by atoms with Crippen molar-refractivity contribution in [2.45, 2.75) is 4.90 Å². The number of urea groups is 1. The number of hydrogen-bond acceptors (Lipinski definition) is 4. The second kappa shape index (κ2) is 5.81. The van der Waals surface area contributed by atoms with Crippen LogP contribution >= 0.6 is 0 Å². The van der Waals surface area contributed by atoms with Crippen molar-refractivity contribution in [1.29, 1.82) is 0 Å². The van der Waals surface area contributed by atoms with E-state index in [4.69, 9.17) is 10.3 Å². The van der Waals surface area contributed by atoms with Crippen LogP contribution in [0.3, 0.4) is 0 Å². The van der Waals surface area contributed by atoms with Crippen molar-refractivity contribution in [2.24, 2.45) is 0 Å². The third kappa shape index (κ3) is 4.20. The van der Waals surface area contributed by atoms with Crippen LogP contribution in [0.4, 0.5) is 21.9 Å². The highest BCUT2D eigenvalue weighted by atomic mass is 32.2. The van der Waals surface area contributed by atoms with Crippen molar-refractivity contribution in [3.05, 3.63) is 48.5 Å². The van der Waals surface area contributed by atoms with Crippen LogP contribution in [0.2, 0.25) is 0 Å². The predicted octanol–water partition coefficient (Wildman–Crippen LogP) is 2.16. The van der Waals surface area contributed by atoms with E-state index in [9.17, 15) is 13.2 Å². The number of nitrogen functional groups attached to an aromatic ring is 1. The molecule has 2 aromatic rings. The summed E-state index contributed by atoms with van der Waals surface area (Å²) in [6, 6.07) is 11.2. The van der Waals surface area contributed by atoms with Crippen LogP contribution in [0.5, 0.6) is 0 Å². The summed E-state index contributed by atoms with van der Waals surface area (Å²) in [7, 11) is -4.24. The van der Waals surface area contributed by atoms with Crippen LogP contribution < -0.4 is 16.4 Å². The molecule has 8 heteroatoms. The zero-order valence-corrected chi connectivity index (χ0v) is 11.6. The van der Waals surface area contributed by atoms with Gasteiger partial charge in [0.05, 0.1) is 4.90 Å². The maximum Gasteiger partial charge on any atom is 0.323 e. The molecule has 0 aliphatic heterocycles. The smallest absolute Gasteiger partial charge is 0.323 e. The standard InChI is InChI=1S/C13H13N3O4S/c14-9-1-3-10(4-2-9)15-13(17)16-11-5-7-12(8-6-11)21(18,19)20/h1-8H,14H2,(H2,15,16,17)(H,18,19,20). The van der Waals surface area contributed by atoms with Crippen LogP contribution in [0, 0.1) is 0 Å². The fourth-order valence-electron chi connectivity index (χ4n) is 1.57. The van der Waals surface area contributed by atoms with Crippen molar-refractivity contribution in [3.8, 4) is 0 Å². The van der Waals surface area contributed by atoms with E-state index in [2.05, 4.69) is 10.6 Å². The summed E-state index contributed by atoms with van der Waals surface area (Å²) in [5.74, 6) is 0. The Kier molecular flexibility index (Phi) is 4.10. The molecule has 2 aromatic carbocycles. The van der Waals surface area contributed by atoms with Crippen LogP contribution in [-0.4, -0.2) is 19.0 Å². The molecule has 2 rings (SSSR count). The molecule has 21 heavy (non-hydrogen) atoms. The highest BCUT2D eigenvalue weighted by Crippen LogP contribution is 2.15. The summed E-state index contributed by atoms with van der Waals surface area (Å²) in [5, 5.41) is 5.12. The van der Waals surface area contributed by atoms with Gasteiger partial charge in [0.25, 0.3) is 10.1 Å². The first-order valence-corrected chi connectivity index (χ1v) is 7.30. The first kappa shape index (κ1) is 14.8. The number of benzene rings is 2. The van der Waals surface area contributed by atoms with Crippen LogP contribution in [-0.2, 0) is 10.1 Å². The molecule has 0 atom stereocenters. The van der Waals surface area contributed by atoms with Gasteiger partial charge >= 0.3 is 6.03 Å². The minimum atomic E-state index is -4.24. The molecular formula is C13H13N3O4S. The number of hydrogen-bond donors (Lipinski definition) is 4. The van der Waals surface area contributed by atoms with Crippen molar-refractivity contribution in [1.82, 2.24) is 0 Å². The topological polar surface area (TPSA) is 122 Å². The Morgan fingerprint density at radius 2 is 1.33 bits per heavy atom. The number of anilines is 3. The Hall–Kier alpha value is -2.58. The maximum atomic E-state index is 11.7. The van der Waals surface area contributed by atoms with E-state index in [0.717, 1.165) is 0 Å². The van der Waals surface area contributed by atoms with E-state index in [1.807, 2.05) is 0 Å². The number of amides is 2. The van der Waals surface area contributed by atoms with Crippen molar-refractivity contribution in [2.75, 3.05) is 16.4 Å². The summed E-state index contributed by atoms with van der Waals surface area (Å²) in [6.07, 6.45) is 0. The second-order valence-electron chi connectivity index (χ2n) is 4.20. The average molecular weight is 307 g/mol. The van der Waals surface area contributed by atoms with E-state index < -0.39 is 16.1 Å². The molecule has 7 nitrogen and oxygen atoms in total. The molecule has 0 aliphatic carbocycles. The minimum Gasteiger partial charge on any atom is -0.399 e. The highest BCUT2D eigenvalue weighted by Gasteiger charge is 2.09.